The van der Waals surface area contributed by atoms with Gasteiger partial charge in [0.05, 0.1) is 16.7 Å². The van der Waals surface area contributed by atoms with Crippen molar-refractivity contribution in [2.45, 2.75) is 0 Å². The Labute approximate surface area is 330 Å². The van der Waals surface area contributed by atoms with Crippen LogP contribution in [0.3, 0.4) is 0 Å². The second kappa shape index (κ2) is 13.3. The van der Waals surface area contributed by atoms with Crippen LogP contribution in [0.5, 0.6) is 0 Å². The molecule has 0 aliphatic carbocycles. The highest BCUT2D eigenvalue weighted by Crippen LogP contribution is 2.54. The Morgan fingerprint density at radius 3 is 1.65 bits per heavy atom. The van der Waals surface area contributed by atoms with Crippen LogP contribution >= 0.6 is 7.14 Å². The summed E-state index contributed by atoms with van der Waals surface area (Å²) in [7, 11) is -3.18. The number of hydrogen-bond donors (Lipinski definition) is 0. The molecular formula is C52H34N3OP. The molecule has 11 rings (SSSR count). The molecule has 0 fully saturated rings. The Morgan fingerprint density at radius 2 is 0.965 bits per heavy atom. The number of fused-ring (bicyclic) bond motifs is 7. The molecule has 0 amide bonds. The van der Waals surface area contributed by atoms with E-state index >= 15 is 4.57 Å². The molecule has 268 valence electrons. The highest BCUT2D eigenvalue weighted by atomic mass is 31.2. The monoisotopic (exact) mass is 747 g/mol. The van der Waals surface area contributed by atoms with Crippen molar-refractivity contribution in [1.82, 2.24) is 14.5 Å². The van der Waals surface area contributed by atoms with Crippen LogP contribution in [0.2, 0.25) is 0 Å². The van der Waals surface area contributed by atoms with E-state index in [1.807, 2.05) is 60.7 Å². The van der Waals surface area contributed by atoms with E-state index in [1.54, 1.807) is 0 Å². The van der Waals surface area contributed by atoms with Gasteiger partial charge in [-0.1, -0.05) is 188 Å². The van der Waals surface area contributed by atoms with Crippen molar-refractivity contribution in [1.29, 1.82) is 0 Å². The summed E-state index contributed by atoms with van der Waals surface area (Å²) in [6.07, 6.45) is 0. The summed E-state index contributed by atoms with van der Waals surface area (Å²) in [5, 5.41) is 4.76. The van der Waals surface area contributed by atoms with Crippen molar-refractivity contribution in [2.24, 2.45) is 0 Å². The smallest absolute Gasteiger partial charge is 0.172 e. The zero-order chi connectivity index (χ0) is 37.9. The molecule has 1 unspecified atom stereocenters. The van der Waals surface area contributed by atoms with Gasteiger partial charge >= 0.3 is 0 Å². The maximum absolute atomic E-state index is 15.7. The topological polar surface area (TPSA) is 47.8 Å². The van der Waals surface area contributed by atoms with Gasteiger partial charge in [0.2, 0.25) is 0 Å². The van der Waals surface area contributed by atoms with E-state index in [1.165, 1.54) is 5.56 Å². The third-order valence-corrected chi connectivity index (χ3v) is 14.4. The van der Waals surface area contributed by atoms with Gasteiger partial charge in [-0.25, -0.2) is 9.97 Å². The molecule has 4 nitrogen and oxygen atoms in total. The van der Waals surface area contributed by atoms with Gasteiger partial charge in [0.1, 0.15) is 5.82 Å². The number of nitrogens with zero attached hydrogens (tertiary/aromatic N) is 3. The molecule has 2 aromatic heterocycles. The minimum Gasteiger partial charge on any atom is -0.309 e. The predicted octanol–water partition coefficient (Wildman–Crippen LogP) is 11.9. The number of hydrogen-bond acceptors (Lipinski definition) is 3. The van der Waals surface area contributed by atoms with E-state index in [9.17, 15) is 0 Å². The number of aromatic nitrogens is 3. The summed E-state index contributed by atoms with van der Waals surface area (Å²) in [4.78, 5) is 10.6. The fourth-order valence-electron chi connectivity index (χ4n) is 8.55. The highest BCUT2D eigenvalue weighted by molar-refractivity contribution is 7.86. The summed E-state index contributed by atoms with van der Waals surface area (Å²) >= 11 is 0. The largest absolute Gasteiger partial charge is 0.309 e. The van der Waals surface area contributed by atoms with Crippen LogP contribution in [0.25, 0.3) is 83.6 Å². The lowest BCUT2D eigenvalue weighted by Crippen LogP contribution is -2.20. The van der Waals surface area contributed by atoms with E-state index in [4.69, 9.17) is 9.97 Å². The molecule has 0 spiro atoms. The summed E-state index contributed by atoms with van der Waals surface area (Å²) < 4.78 is 17.9. The van der Waals surface area contributed by atoms with Gasteiger partial charge in [-0.15, -0.1) is 0 Å². The number of benzene rings is 8. The third-order valence-electron chi connectivity index (χ3n) is 11.3. The predicted molar refractivity (Wildman–Crippen MR) is 237 cm³/mol. The zero-order valence-corrected chi connectivity index (χ0v) is 31.7. The summed E-state index contributed by atoms with van der Waals surface area (Å²) in [6, 6.07) is 70.9. The van der Waals surface area contributed by atoms with E-state index in [2.05, 4.69) is 150 Å². The first-order valence-electron chi connectivity index (χ1n) is 19.2. The Bertz CT molecular complexity index is 3070. The molecular weight excluding hydrogens is 714 g/mol. The number of rotatable bonds is 6. The van der Waals surface area contributed by atoms with Gasteiger partial charge in [0, 0.05) is 49.4 Å². The zero-order valence-electron chi connectivity index (χ0n) is 30.8. The molecule has 0 radical (unpaired) electrons. The van der Waals surface area contributed by atoms with E-state index in [0.29, 0.717) is 5.82 Å². The van der Waals surface area contributed by atoms with Crippen LogP contribution in [0.4, 0.5) is 0 Å². The van der Waals surface area contributed by atoms with Gasteiger partial charge in [-0.3, -0.25) is 4.57 Å². The van der Waals surface area contributed by atoms with Gasteiger partial charge < -0.3 is 4.57 Å². The quantitative estimate of drug-likeness (QED) is 0.159. The molecule has 0 saturated carbocycles. The molecule has 3 heterocycles. The van der Waals surface area contributed by atoms with Crippen molar-refractivity contribution in [3.8, 4) is 61.8 Å². The lowest BCUT2D eigenvalue weighted by atomic mass is 10.0. The Balaban J connectivity index is 1.18. The highest BCUT2D eigenvalue weighted by Gasteiger charge is 2.42. The Hall–Kier alpha value is -7.13. The van der Waals surface area contributed by atoms with Crippen molar-refractivity contribution in [3.05, 3.63) is 206 Å². The molecule has 1 aliphatic rings. The first-order chi connectivity index (χ1) is 28.1. The minimum absolute atomic E-state index is 0.628. The van der Waals surface area contributed by atoms with Crippen LogP contribution < -0.4 is 15.9 Å². The van der Waals surface area contributed by atoms with Crippen LogP contribution in [0.15, 0.2) is 206 Å². The molecule has 0 saturated heterocycles. The molecule has 5 heteroatoms. The Morgan fingerprint density at radius 1 is 0.421 bits per heavy atom. The normalized spacial score (nSPS) is 14.5. The van der Waals surface area contributed by atoms with E-state index in [0.717, 1.165) is 88.2 Å². The molecule has 10 aromatic rings. The third kappa shape index (κ3) is 5.33. The maximum Gasteiger partial charge on any atom is 0.172 e. The summed E-state index contributed by atoms with van der Waals surface area (Å²) in [5.41, 5.74) is 11.3. The standard InChI is InChI=1S/C52H34N3OP/c56-57(41-18-8-3-9-19-41)47-23-13-11-21-44(47)50-48(57)33-32-43-42-20-10-12-22-46(42)55(51(43)50)49-34-45(39-28-24-37(25-29-39)35-14-4-1-5-15-35)53-52(54-49)40-30-26-38(27-31-40)36-16-6-2-7-17-36/h1-34H. The number of para-hydroxylation sites is 1. The first kappa shape index (κ1) is 33.2. The van der Waals surface area contributed by atoms with E-state index in [-0.39, 0.29) is 0 Å². The summed E-state index contributed by atoms with van der Waals surface area (Å²) in [5.74, 6) is 1.37. The van der Waals surface area contributed by atoms with Gasteiger partial charge in [0.15, 0.2) is 13.0 Å². The van der Waals surface area contributed by atoms with E-state index < -0.39 is 7.14 Å². The molecule has 8 aromatic carbocycles. The lowest BCUT2D eigenvalue weighted by molar-refractivity contribution is 0.593. The van der Waals surface area contributed by atoms with Crippen LogP contribution in [0, 0.1) is 0 Å². The Kier molecular flexibility index (Phi) is 7.73. The van der Waals surface area contributed by atoms with Crippen LogP contribution in [-0.4, -0.2) is 14.5 Å². The van der Waals surface area contributed by atoms with Crippen LogP contribution in [0.1, 0.15) is 0 Å². The van der Waals surface area contributed by atoms with Gasteiger partial charge in [-0.2, -0.15) is 0 Å². The van der Waals surface area contributed by atoms with Crippen LogP contribution in [-0.2, 0) is 4.57 Å². The first-order valence-corrected chi connectivity index (χ1v) is 20.9. The SMILES string of the molecule is O=P1(c2ccccc2)c2ccccc2-c2c1ccc1c3ccccc3n(-c3cc(-c4ccc(-c5ccccc5)cc4)nc(-c4ccc(-c5ccccc5)cc4)n3)c21. The van der Waals surface area contributed by atoms with Gasteiger partial charge in [-0.05, 0) is 39.9 Å². The fraction of sp³-hybridized carbons (Fsp3) is 0. The maximum atomic E-state index is 15.7. The lowest BCUT2D eigenvalue weighted by Gasteiger charge is -2.16. The fourth-order valence-corrected chi connectivity index (χ4v) is 11.6. The van der Waals surface area contributed by atoms with Crippen molar-refractivity contribution in [2.75, 3.05) is 0 Å². The summed E-state index contributed by atoms with van der Waals surface area (Å²) in [6.45, 7) is 0. The van der Waals surface area contributed by atoms with Crippen molar-refractivity contribution >= 4 is 44.9 Å². The average Bonchev–Trinajstić information content (AvgIpc) is 3.77. The van der Waals surface area contributed by atoms with Gasteiger partial charge in [0.25, 0.3) is 0 Å². The minimum atomic E-state index is -3.18. The second-order valence-corrected chi connectivity index (χ2v) is 17.2. The van der Waals surface area contributed by atoms with Crippen molar-refractivity contribution < 1.29 is 4.57 Å². The molecule has 1 atom stereocenters. The molecule has 57 heavy (non-hydrogen) atoms. The van der Waals surface area contributed by atoms with Crippen molar-refractivity contribution in [3.63, 3.8) is 0 Å². The average molecular weight is 748 g/mol. The second-order valence-electron chi connectivity index (χ2n) is 14.5. The molecule has 0 N–H and O–H groups in total. The molecule has 1 aliphatic heterocycles. The molecule has 0 bridgehead atoms.